The summed E-state index contributed by atoms with van der Waals surface area (Å²) < 4.78 is 0. The Morgan fingerprint density at radius 1 is 0.889 bits per heavy atom. The number of carboxylic acid groups (broad SMARTS) is 1. The number of amides is 1. The van der Waals surface area contributed by atoms with Crippen LogP contribution < -0.4 is 4.90 Å². The van der Waals surface area contributed by atoms with Gasteiger partial charge in [-0.25, -0.2) is 4.79 Å². The van der Waals surface area contributed by atoms with Gasteiger partial charge in [-0.3, -0.25) is 4.79 Å². The van der Waals surface area contributed by atoms with Gasteiger partial charge in [0.15, 0.2) is 0 Å². The molecule has 1 saturated carbocycles. The molecule has 1 saturated heterocycles. The summed E-state index contributed by atoms with van der Waals surface area (Å²) in [5, 5.41) is 19.7. The van der Waals surface area contributed by atoms with Crippen molar-refractivity contribution in [3.8, 4) is 0 Å². The zero-order valence-electron chi connectivity index (χ0n) is 20.8. The average Bonchev–Trinajstić information content (AvgIpc) is 3.11. The molecule has 0 spiro atoms. The van der Waals surface area contributed by atoms with Gasteiger partial charge >= 0.3 is 5.97 Å². The van der Waals surface area contributed by atoms with Crippen molar-refractivity contribution in [1.29, 1.82) is 0 Å². The second-order valence-corrected chi connectivity index (χ2v) is 11.3. The number of aliphatic hydroxyl groups excluding tert-OH is 1. The zero-order chi connectivity index (χ0) is 24.8. The van der Waals surface area contributed by atoms with Gasteiger partial charge in [0, 0.05) is 31.2 Å². The highest BCUT2D eigenvalue weighted by atomic mass is 16.4. The molecule has 2 aromatic rings. The lowest BCUT2D eigenvalue weighted by atomic mass is 9.73. The number of nitrogens with zero attached hydrogens (tertiary/aromatic N) is 2. The number of carboxylic acids is 1. The largest absolute Gasteiger partial charge is 0.478 e. The third-order valence-electron chi connectivity index (χ3n) is 9.16. The van der Waals surface area contributed by atoms with Gasteiger partial charge in [0.25, 0.3) is 0 Å². The van der Waals surface area contributed by atoms with Gasteiger partial charge in [-0.2, -0.15) is 0 Å². The minimum atomic E-state index is -0.912. The molecule has 4 aliphatic rings. The monoisotopic (exact) mass is 488 g/mol. The molecule has 3 atom stereocenters. The second-order valence-electron chi connectivity index (χ2n) is 11.3. The number of hydrogen-bond acceptors (Lipinski definition) is 4. The van der Waals surface area contributed by atoms with Crippen molar-refractivity contribution in [3.63, 3.8) is 0 Å². The van der Waals surface area contributed by atoms with E-state index >= 15 is 0 Å². The molecule has 0 radical (unpaired) electrons. The fraction of sp³-hybridized carbons (Fsp3) is 0.533. The van der Waals surface area contributed by atoms with Gasteiger partial charge in [-0.15, -0.1) is 0 Å². The molecule has 0 bridgehead atoms. The molecule has 6 heteroatoms. The van der Waals surface area contributed by atoms with E-state index in [1.165, 1.54) is 48.8 Å². The number of carbonyl (C=O) groups excluding carboxylic acids is 1. The molecule has 2 N–H and O–H groups in total. The molecule has 6 rings (SSSR count). The molecule has 2 aromatic carbocycles. The van der Waals surface area contributed by atoms with E-state index in [9.17, 15) is 19.8 Å². The third-order valence-corrected chi connectivity index (χ3v) is 9.16. The predicted molar refractivity (Wildman–Crippen MR) is 138 cm³/mol. The van der Waals surface area contributed by atoms with Gasteiger partial charge in [-0.05, 0) is 66.8 Å². The molecule has 1 aliphatic carbocycles. The summed E-state index contributed by atoms with van der Waals surface area (Å²) in [6.45, 7) is 1.80. The molecule has 2 fully saturated rings. The van der Waals surface area contributed by atoms with Crippen LogP contribution in [0.2, 0.25) is 0 Å². The van der Waals surface area contributed by atoms with Crippen LogP contribution in [0.5, 0.6) is 0 Å². The van der Waals surface area contributed by atoms with E-state index in [-0.39, 0.29) is 24.0 Å². The number of aliphatic hydroxyl groups is 1. The molecule has 3 heterocycles. The molecule has 3 aliphatic heterocycles. The van der Waals surface area contributed by atoms with Crippen LogP contribution in [-0.2, 0) is 11.2 Å². The maximum atomic E-state index is 13.8. The van der Waals surface area contributed by atoms with E-state index in [4.69, 9.17) is 0 Å². The first kappa shape index (κ1) is 23.5. The van der Waals surface area contributed by atoms with E-state index in [0.717, 1.165) is 5.69 Å². The fourth-order valence-electron chi connectivity index (χ4n) is 7.39. The number of carbonyl (C=O) groups is 2. The highest BCUT2D eigenvalue weighted by Crippen LogP contribution is 2.57. The van der Waals surface area contributed by atoms with E-state index in [0.29, 0.717) is 56.3 Å². The van der Waals surface area contributed by atoms with Crippen LogP contribution >= 0.6 is 0 Å². The van der Waals surface area contributed by atoms with Gasteiger partial charge in [0.05, 0.1) is 23.6 Å². The lowest BCUT2D eigenvalue weighted by Crippen LogP contribution is -2.46. The molecule has 0 aromatic heterocycles. The van der Waals surface area contributed by atoms with Crippen molar-refractivity contribution in [2.75, 3.05) is 24.5 Å². The van der Waals surface area contributed by atoms with Crippen LogP contribution in [0.15, 0.2) is 42.5 Å². The lowest BCUT2D eigenvalue weighted by Gasteiger charge is -2.37. The predicted octanol–water partition coefficient (Wildman–Crippen LogP) is 4.77. The summed E-state index contributed by atoms with van der Waals surface area (Å²) in [7, 11) is 0. The van der Waals surface area contributed by atoms with Crippen LogP contribution in [0.1, 0.15) is 84.0 Å². The number of aromatic carboxylic acids is 1. The number of benzene rings is 2. The molecule has 36 heavy (non-hydrogen) atoms. The second kappa shape index (κ2) is 9.55. The summed E-state index contributed by atoms with van der Waals surface area (Å²) in [6.07, 6.45) is 7.86. The minimum Gasteiger partial charge on any atom is -0.478 e. The fourth-order valence-corrected chi connectivity index (χ4v) is 7.39. The number of anilines is 1. The van der Waals surface area contributed by atoms with Crippen LogP contribution in [-0.4, -0.2) is 52.7 Å². The summed E-state index contributed by atoms with van der Waals surface area (Å²) in [4.78, 5) is 30.0. The number of piperidine rings is 1. The van der Waals surface area contributed by atoms with Gasteiger partial charge in [-0.1, -0.05) is 49.6 Å². The summed E-state index contributed by atoms with van der Waals surface area (Å²) in [6, 6.07) is 14.4. The van der Waals surface area contributed by atoms with Gasteiger partial charge < -0.3 is 20.0 Å². The van der Waals surface area contributed by atoms with Crippen LogP contribution in [0, 0.1) is 11.8 Å². The number of fused-ring (bicyclic) bond motifs is 5. The van der Waals surface area contributed by atoms with Gasteiger partial charge in [0.1, 0.15) is 0 Å². The molecule has 3 unspecified atom stereocenters. The Labute approximate surface area is 212 Å². The molecular formula is C30H36N2O4. The van der Waals surface area contributed by atoms with Crippen molar-refractivity contribution in [1.82, 2.24) is 4.90 Å². The smallest absolute Gasteiger partial charge is 0.335 e. The van der Waals surface area contributed by atoms with Crippen molar-refractivity contribution in [3.05, 3.63) is 64.7 Å². The third kappa shape index (κ3) is 4.09. The van der Waals surface area contributed by atoms with Crippen LogP contribution in [0.3, 0.4) is 0 Å². The Morgan fingerprint density at radius 2 is 1.64 bits per heavy atom. The summed E-state index contributed by atoms with van der Waals surface area (Å²) >= 11 is 0. The molecule has 6 nitrogen and oxygen atoms in total. The SMILES string of the molecule is O=C(O)c1ccc2c(c1)N1CC(C(=O)N3CCC(O)CC3)Cc3ccccc3C1C2C1CCCCC1. The van der Waals surface area contributed by atoms with Crippen molar-refractivity contribution < 1.29 is 19.8 Å². The van der Waals surface area contributed by atoms with E-state index < -0.39 is 5.97 Å². The maximum Gasteiger partial charge on any atom is 0.335 e. The topological polar surface area (TPSA) is 81.1 Å². The maximum absolute atomic E-state index is 13.8. The number of likely N-dealkylation sites (tertiary alicyclic amines) is 1. The zero-order valence-corrected chi connectivity index (χ0v) is 20.8. The first-order valence-corrected chi connectivity index (χ1v) is 13.7. The first-order chi connectivity index (χ1) is 17.5. The Hall–Kier alpha value is -2.86. The lowest BCUT2D eigenvalue weighted by molar-refractivity contribution is -0.137. The van der Waals surface area contributed by atoms with Gasteiger partial charge in [0.2, 0.25) is 5.91 Å². The summed E-state index contributed by atoms with van der Waals surface area (Å²) in [5.41, 5.74) is 5.10. The standard InChI is InChI=1S/C30H36N2O4/c33-23-12-14-31(15-13-23)29(34)22-16-20-8-4-5-9-24(20)28-27(19-6-2-1-3-7-19)25-11-10-21(30(35)36)17-26(25)32(28)18-22/h4-5,8-11,17,19,22-23,27-28,33H,1-3,6-7,12-16,18H2,(H,35,36). The average molecular weight is 489 g/mol. The Bertz CT molecular complexity index is 1150. The Morgan fingerprint density at radius 3 is 2.39 bits per heavy atom. The quantitative estimate of drug-likeness (QED) is 0.651. The van der Waals surface area contributed by atoms with Crippen molar-refractivity contribution in [2.45, 2.75) is 69.4 Å². The highest BCUT2D eigenvalue weighted by molar-refractivity contribution is 5.90. The molecule has 1 amide bonds. The minimum absolute atomic E-state index is 0.129. The van der Waals surface area contributed by atoms with E-state index in [1.807, 2.05) is 11.0 Å². The highest BCUT2D eigenvalue weighted by Gasteiger charge is 2.47. The Balaban J connectivity index is 1.44. The van der Waals surface area contributed by atoms with E-state index in [2.05, 4.69) is 35.2 Å². The number of rotatable bonds is 3. The number of hydrogen-bond donors (Lipinski definition) is 2. The normalized spacial score (nSPS) is 26.6. The first-order valence-electron chi connectivity index (χ1n) is 13.7. The summed E-state index contributed by atoms with van der Waals surface area (Å²) in [5.74, 6) is -0.0761. The van der Waals surface area contributed by atoms with E-state index in [1.54, 1.807) is 6.07 Å². The van der Waals surface area contributed by atoms with Crippen LogP contribution in [0.4, 0.5) is 5.69 Å². The van der Waals surface area contributed by atoms with Crippen molar-refractivity contribution >= 4 is 17.6 Å². The molecular weight excluding hydrogens is 452 g/mol. The Kier molecular flexibility index (Phi) is 6.24. The van der Waals surface area contributed by atoms with Crippen LogP contribution in [0.25, 0.3) is 0 Å². The molecule has 190 valence electrons. The van der Waals surface area contributed by atoms with Crippen molar-refractivity contribution in [2.24, 2.45) is 11.8 Å².